The fourth-order valence-electron chi connectivity index (χ4n) is 3.25. The van der Waals surface area contributed by atoms with E-state index in [2.05, 4.69) is 38.9 Å². The molecule has 3 N–H and O–H groups in total. The number of halogens is 1. The lowest BCUT2D eigenvalue weighted by molar-refractivity contribution is -0.138. The van der Waals surface area contributed by atoms with E-state index in [-0.39, 0.29) is 18.2 Å². The van der Waals surface area contributed by atoms with Crippen molar-refractivity contribution in [3.63, 3.8) is 0 Å². The Hall–Kier alpha value is -0.760. The fraction of sp³-hybridized carbons (Fsp3) is 0.556. The van der Waals surface area contributed by atoms with Crippen molar-refractivity contribution in [2.75, 3.05) is 0 Å². The van der Waals surface area contributed by atoms with Gasteiger partial charge < -0.3 is 9.84 Å². The van der Waals surface area contributed by atoms with Crippen molar-refractivity contribution in [2.45, 2.75) is 55.8 Å². The zero-order valence-electron chi connectivity index (χ0n) is 13.8. The van der Waals surface area contributed by atoms with Gasteiger partial charge in [-0.05, 0) is 25.3 Å². The highest BCUT2D eigenvalue weighted by Gasteiger charge is 2.40. The van der Waals surface area contributed by atoms with Gasteiger partial charge in [-0.1, -0.05) is 58.4 Å². The lowest BCUT2D eigenvalue weighted by atomic mass is 9.86. The zero-order chi connectivity index (χ0) is 16.9. The first-order valence-corrected chi connectivity index (χ1v) is 9.38. The Bertz CT molecular complexity index is 542. The Kier molecular flexibility index (Phi) is 6.43. The van der Waals surface area contributed by atoms with Crippen molar-refractivity contribution in [1.29, 1.82) is 0 Å². The van der Waals surface area contributed by atoms with Gasteiger partial charge in [0.25, 0.3) is 0 Å². The standard InChI is InChI=1S/C18H25BrN2O3/c1-12-16(17(24-21-12)14-7-9-15(19)10-8-14)20-18(22)23-11-13-5-3-2-4-6-13/h2-7,9,12,14-18,20-22H,8,10-11H2,1H3. The van der Waals surface area contributed by atoms with Gasteiger partial charge in [0.15, 0.2) is 0 Å². The molecule has 24 heavy (non-hydrogen) atoms. The molecule has 0 saturated carbocycles. The Morgan fingerprint density at radius 1 is 1.33 bits per heavy atom. The van der Waals surface area contributed by atoms with E-state index in [9.17, 15) is 5.11 Å². The molecule has 6 unspecified atom stereocenters. The van der Waals surface area contributed by atoms with Crippen molar-refractivity contribution in [2.24, 2.45) is 5.92 Å². The van der Waals surface area contributed by atoms with E-state index < -0.39 is 6.41 Å². The van der Waals surface area contributed by atoms with Crippen LogP contribution >= 0.6 is 15.9 Å². The topological polar surface area (TPSA) is 62.8 Å². The van der Waals surface area contributed by atoms with E-state index in [4.69, 9.17) is 9.57 Å². The molecule has 0 spiro atoms. The van der Waals surface area contributed by atoms with Crippen LogP contribution in [0.5, 0.6) is 0 Å². The number of ether oxygens (including phenoxy) is 1. The normalized spacial score (nSPS) is 34.4. The number of aliphatic hydroxyl groups excluding tert-OH is 1. The molecule has 0 radical (unpaired) electrons. The van der Waals surface area contributed by atoms with Crippen molar-refractivity contribution in [3.8, 4) is 0 Å². The quantitative estimate of drug-likeness (QED) is 0.391. The van der Waals surface area contributed by atoms with Crippen LogP contribution in [0.1, 0.15) is 25.3 Å². The van der Waals surface area contributed by atoms with E-state index in [0.29, 0.717) is 17.4 Å². The van der Waals surface area contributed by atoms with Crippen LogP contribution in [0.3, 0.4) is 0 Å². The maximum Gasteiger partial charge on any atom is 0.214 e. The van der Waals surface area contributed by atoms with Crippen LogP contribution in [0.15, 0.2) is 42.5 Å². The predicted octanol–water partition coefficient (Wildman–Crippen LogP) is 2.46. The second kappa shape index (κ2) is 8.56. The summed E-state index contributed by atoms with van der Waals surface area (Å²) in [6.07, 6.45) is 5.49. The van der Waals surface area contributed by atoms with Gasteiger partial charge in [0.2, 0.25) is 6.41 Å². The van der Waals surface area contributed by atoms with Crippen LogP contribution in [0.4, 0.5) is 0 Å². The molecule has 0 aromatic heterocycles. The Morgan fingerprint density at radius 3 is 2.83 bits per heavy atom. The fourth-order valence-corrected chi connectivity index (χ4v) is 3.69. The third-order valence-electron chi connectivity index (χ3n) is 4.63. The van der Waals surface area contributed by atoms with Crippen molar-refractivity contribution >= 4 is 15.9 Å². The zero-order valence-corrected chi connectivity index (χ0v) is 15.4. The summed E-state index contributed by atoms with van der Waals surface area (Å²) in [6.45, 7) is 2.41. The first-order chi connectivity index (χ1) is 11.6. The summed E-state index contributed by atoms with van der Waals surface area (Å²) in [5, 5.41) is 13.4. The van der Waals surface area contributed by atoms with Gasteiger partial charge in [-0.2, -0.15) is 5.48 Å². The largest absolute Gasteiger partial charge is 0.356 e. The van der Waals surface area contributed by atoms with Crippen molar-refractivity contribution in [3.05, 3.63) is 48.0 Å². The van der Waals surface area contributed by atoms with Gasteiger partial charge in [-0.3, -0.25) is 10.2 Å². The molecule has 132 valence electrons. The van der Waals surface area contributed by atoms with Gasteiger partial charge in [0.1, 0.15) is 6.10 Å². The molecule has 1 aromatic carbocycles. The molecule has 1 aromatic rings. The summed E-state index contributed by atoms with van der Waals surface area (Å²) in [6, 6.07) is 9.90. The minimum Gasteiger partial charge on any atom is -0.356 e. The Balaban J connectivity index is 1.54. The number of allylic oxidation sites excluding steroid dienone is 1. The monoisotopic (exact) mass is 396 g/mol. The SMILES string of the molecule is CC1NOC(C2C=CC(Br)CC2)C1NC(O)OCc1ccccc1. The summed E-state index contributed by atoms with van der Waals surface area (Å²) in [7, 11) is 0. The molecule has 0 bridgehead atoms. The molecule has 3 rings (SSSR count). The molecular formula is C18H25BrN2O3. The number of aliphatic hydroxyl groups is 1. The number of hydrogen-bond donors (Lipinski definition) is 3. The highest BCUT2D eigenvalue weighted by atomic mass is 79.9. The van der Waals surface area contributed by atoms with Gasteiger partial charge in [-0.15, -0.1) is 0 Å². The first kappa shape index (κ1) is 18.0. The molecule has 1 heterocycles. The number of hydroxylamine groups is 1. The maximum absolute atomic E-state index is 10.2. The Morgan fingerprint density at radius 2 is 2.12 bits per heavy atom. The summed E-state index contributed by atoms with van der Waals surface area (Å²) < 4.78 is 5.53. The lowest BCUT2D eigenvalue weighted by Gasteiger charge is -2.30. The first-order valence-electron chi connectivity index (χ1n) is 8.46. The van der Waals surface area contributed by atoms with Crippen LogP contribution in [0.25, 0.3) is 0 Å². The van der Waals surface area contributed by atoms with Gasteiger partial charge in [0.05, 0.1) is 12.6 Å². The molecular weight excluding hydrogens is 372 g/mol. The molecule has 1 aliphatic heterocycles. The second-order valence-electron chi connectivity index (χ2n) is 6.47. The van der Waals surface area contributed by atoms with Gasteiger partial charge in [-0.25, -0.2) is 0 Å². The van der Waals surface area contributed by atoms with Crippen LogP contribution in [-0.4, -0.2) is 34.5 Å². The summed E-state index contributed by atoms with van der Waals surface area (Å²) in [4.78, 5) is 6.22. The van der Waals surface area contributed by atoms with Crippen molar-refractivity contribution < 1.29 is 14.7 Å². The minimum absolute atomic E-state index is 0.0164. The van der Waals surface area contributed by atoms with Crippen LogP contribution in [-0.2, 0) is 16.2 Å². The van der Waals surface area contributed by atoms with Crippen molar-refractivity contribution in [1.82, 2.24) is 10.8 Å². The highest BCUT2D eigenvalue weighted by Crippen LogP contribution is 2.30. The van der Waals surface area contributed by atoms with E-state index in [1.54, 1.807) is 0 Å². The molecule has 2 aliphatic rings. The predicted molar refractivity (Wildman–Crippen MR) is 96.2 cm³/mol. The minimum atomic E-state index is -1.03. The molecule has 0 amide bonds. The number of rotatable bonds is 6. The third kappa shape index (κ3) is 4.65. The smallest absolute Gasteiger partial charge is 0.214 e. The molecule has 6 atom stereocenters. The molecule has 6 heteroatoms. The molecule has 5 nitrogen and oxygen atoms in total. The van der Waals surface area contributed by atoms with Gasteiger partial charge in [0, 0.05) is 16.8 Å². The van der Waals surface area contributed by atoms with Crippen LogP contribution < -0.4 is 10.8 Å². The number of hydrogen-bond acceptors (Lipinski definition) is 5. The summed E-state index contributed by atoms with van der Waals surface area (Å²) in [5.41, 5.74) is 4.06. The maximum atomic E-state index is 10.2. The Labute approximate surface area is 151 Å². The lowest BCUT2D eigenvalue weighted by Crippen LogP contribution is -2.51. The molecule has 1 saturated heterocycles. The summed E-state index contributed by atoms with van der Waals surface area (Å²) in [5.74, 6) is 0.329. The van der Waals surface area contributed by atoms with Crippen LogP contribution in [0.2, 0.25) is 0 Å². The van der Waals surface area contributed by atoms with E-state index >= 15 is 0 Å². The van der Waals surface area contributed by atoms with Gasteiger partial charge >= 0.3 is 0 Å². The number of alkyl halides is 1. The average Bonchev–Trinajstić information content (AvgIpc) is 2.95. The molecule has 1 fully saturated rings. The molecule has 1 aliphatic carbocycles. The van der Waals surface area contributed by atoms with E-state index in [1.165, 1.54) is 0 Å². The number of benzene rings is 1. The van der Waals surface area contributed by atoms with Crippen LogP contribution in [0, 0.1) is 5.92 Å². The second-order valence-corrected chi connectivity index (χ2v) is 7.65. The highest BCUT2D eigenvalue weighted by molar-refractivity contribution is 9.09. The summed E-state index contributed by atoms with van der Waals surface area (Å²) >= 11 is 3.62. The number of nitrogens with one attached hydrogen (secondary N) is 2. The third-order valence-corrected chi connectivity index (χ3v) is 5.40. The average molecular weight is 397 g/mol. The van der Waals surface area contributed by atoms with E-state index in [0.717, 1.165) is 18.4 Å². The van der Waals surface area contributed by atoms with E-state index in [1.807, 2.05) is 37.3 Å².